The van der Waals surface area contributed by atoms with Crippen LogP contribution in [-0.4, -0.2) is 34.3 Å². The number of aromatic nitrogens is 2. The number of benzene rings is 2. The van der Waals surface area contributed by atoms with E-state index >= 15 is 0 Å². The van der Waals surface area contributed by atoms with E-state index in [1.54, 1.807) is 11.7 Å². The van der Waals surface area contributed by atoms with Gasteiger partial charge in [0.25, 0.3) is 0 Å². The van der Waals surface area contributed by atoms with Crippen LogP contribution in [0.25, 0.3) is 22.4 Å². The van der Waals surface area contributed by atoms with E-state index in [1.165, 1.54) is 0 Å². The second-order valence-electron chi connectivity index (χ2n) is 5.62. The molecule has 0 aliphatic carbocycles. The van der Waals surface area contributed by atoms with Crippen LogP contribution in [0.5, 0.6) is 11.5 Å². The first-order valence-electron chi connectivity index (χ1n) is 8.12. The van der Waals surface area contributed by atoms with Gasteiger partial charge in [0.1, 0.15) is 12.4 Å². The van der Waals surface area contributed by atoms with Crippen molar-refractivity contribution in [3.63, 3.8) is 0 Å². The minimum atomic E-state index is -0.916. The molecule has 3 aromatic rings. The Morgan fingerprint density at radius 2 is 2.00 bits per heavy atom. The first-order chi connectivity index (χ1) is 12.1. The summed E-state index contributed by atoms with van der Waals surface area (Å²) in [5.74, 6) is 0.932. The summed E-state index contributed by atoms with van der Waals surface area (Å²) in [5.41, 5.74) is 2.32. The number of rotatable bonds is 7. The Bertz CT molecular complexity index is 902. The van der Waals surface area contributed by atoms with Crippen molar-refractivity contribution in [2.75, 3.05) is 13.7 Å². The third-order valence-electron chi connectivity index (χ3n) is 3.83. The van der Waals surface area contributed by atoms with Crippen molar-refractivity contribution < 1.29 is 19.4 Å². The van der Waals surface area contributed by atoms with Gasteiger partial charge in [-0.2, -0.15) is 0 Å². The van der Waals surface area contributed by atoms with Crippen molar-refractivity contribution in [3.05, 3.63) is 42.5 Å². The van der Waals surface area contributed by atoms with Crippen molar-refractivity contribution in [3.8, 4) is 22.9 Å². The maximum Gasteiger partial charge on any atom is 0.323 e. The van der Waals surface area contributed by atoms with Crippen LogP contribution in [0, 0.1) is 0 Å². The zero-order chi connectivity index (χ0) is 17.8. The van der Waals surface area contributed by atoms with Crippen LogP contribution in [0.3, 0.4) is 0 Å². The normalized spacial score (nSPS) is 10.8. The molecule has 0 amide bonds. The van der Waals surface area contributed by atoms with Gasteiger partial charge in [-0.3, -0.25) is 4.79 Å². The molecule has 0 aliphatic heterocycles. The number of para-hydroxylation sites is 2. The van der Waals surface area contributed by atoms with Crippen molar-refractivity contribution >= 4 is 17.0 Å². The van der Waals surface area contributed by atoms with E-state index in [1.807, 2.05) is 49.4 Å². The summed E-state index contributed by atoms with van der Waals surface area (Å²) in [5, 5.41) is 9.28. The third-order valence-corrected chi connectivity index (χ3v) is 3.83. The average molecular weight is 340 g/mol. The summed E-state index contributed by atoms with van der Waals surface area (Å²) in [4.78, 5) is 15.9. The molecular weight excluding hydrogens is 320 g/mol. The Labute approximate surface area is 145 Å². The SMILES string of the molecule is CCCOc1cc(-c2nc3ccccc3n2CC(=O)O)ccc1OC. The van der Waals surface area contributed by atoms with Crippen LogP contribution in [0.15, 0.2) is 42.5 Å². The number of ether oxygens (including phenoxy) is 2. The van der Waals surface area contributed by atoms with Gasteiger partial charge in [-0.1, -0.05) is 19.1 Å². The molecule has 0 saturated carbocycles. The monoisotopic (exact) mass is 340 g/mol. The number of carboxylic acid groups (broad SMARTS) is 1. The van der Waals surface area contributed by atoms with E-state index in [4.69, 9.17) is 9.47 Å². The summed E-state index contributed by atoms with van der Waals surface area (Å²) < 4.78 is 12.8. The lowest BCUT2D eigenvalue weighted by molar-refractivity contribution is -0.137. The maximum atomic E-state index is 11.3. The fourth-order valence-corrected chi connectivity index (χ4v) is 2.73. The van der Waals surface area contributed by atoms with E-state index in [0.717, 1.165) is 23.0 Å². The molecule has 0 atom stereocenters. The number of nitrogens with zero attached hydrogens (tertiary/aromatic N) is 2. The molecule has 0 aliphatic rings. The quantitative estimate of drug-likeness (QED) is 0.711. The molecule has 6 heteroatoms. The molecule has 0 unspecified atom stereocenters. The molecule has 6 nitrogen and oxygen atoms in total. The first-order valence-corrected chi connectivity index (χ1v) is 8.12. The third kappa shape index (κ3) is 3.42. The lowest BCUT2D eigenvalue weighted by atomic mass is 10.2. The number of carbonyl (C=O) groups is 1. The molecule has 1 aromatic heterocycles. The molecule has 0 radical (unpaired) electrons. The molecule has 3 rings (SSSR count). The van der Waals surface area contributed by atoms with Crippen molar-refractivity contribution in [2.24, 2.45) is 0 Å². The minimum absolute atomic E-state index is 0.160. The number of aliphatic carboxylic acids is 1. The van der Waals surface area contributed by atoms with E-state index < -0.39 is 5.97 Å². The number of fused-ring (bicyclic) bond motifs is 1. The predicted molar refractivity (Wildman–Crippen MR) is 95.1 cm³/mol. The Hall–Kier alpha value is -3.02. The van der Waals surface area contributed by atoms with Crippen LogP contribution in [0.2, 0.25) is 0 Å². The van der Waals surface area contributed by atoms with Gasteiger partial charge in [-0.05, 0) is 36.8 Å². The van der Waals surface area contributed by atoms with Gasteiger partial charge in [0, 0.05) is 5.56 Å². The van der Waals surface area contributed by atoms with Crippen LogP contribution < -0.4 is 9.47 Å². The van der Waals surface area contributed by atoms with Gasteiger partial charge < -0.3 is 19.1 Å². The van der Waals surface area contributed by atoms with Gasteiger partial charge in [-0.25, -0.2) is 4.98 Å². The van der Waals surface area contributed by atoms with Crippen molar-refractivity contribution in [1.29, 1.82) is 0 Å². The smallest absolute Gasteiger partial charge is 0.323 e. The Kier molecular flexibility index (Phi) is 4.88. The highest BCUT2D eigenvalue weighted by Crippen LogP contribution is 2.33. The summed E-state index contributed by atoms with van der Waals surface area (Å²) in [7, 11) is 1.59. The van der Waals surface area contributed by atoms with Crippen molar-refractivity contribution in [2.45, 2.75) is 19.9 Å². The summed E-state index contributed by atoms with van der Waals surface area (Å²) in [6, 6.07) is 13.0. The van der Waals surface area contributed by atoms with Gasteiger partial charge in [0.2, 0.25) is 0 Å². The highest BCUT2D eigenvalue weighted by atomic mass is 16.5. The summed E-state index contributed by atoms with van der Waals surface area (Å²) >= 11 is 0. The molecule has 130 valence electrons. The molecule has 0 fully saturated rings. The Morgan fingerprint density at radius 1 is 1.20 bits per heavy atom. The molecule has 0 bridgehead atoms. The van der Waals surface area contributed by atoms with Crippen molar-refractivity contribution in [1.82, 2.24) is 9.55 Å². The minimum Gasteiger partial charge on any atom is -0.493 e. The van der Waals surface area contributed by atoms with Gasteiger partial charge in [0.05, 0.1) is 24.8 Å². The lowest BCUT2D eigenvalue weighted by Gasteiger charge is -2.12. The molecule has 2 aromatic carbocycles. The maximum absolute atomic E-state index is 11.3. The first kappa shape index (κ1) is 16.8. The molecule has 0 spiro atoms. The number of methoxy groups -OCH3 is 1. The van der Waals surface area contributed by atoms with Gasteiger partial charge >= 0.3 is 5.97 Å². The van der Waals surface area contributed by atoms with Gasteiger partial charge in [0.15, 0.2) is 11.5 Å². The predicted octanol–water partition coefficient (Wildman–Crippen LogP) is 3.59. The van der Waals surface area contributed by atoms with Crippen LogP contribution >= 0.6 is 0 Å². The number of hydrogen-bond donors (Lipinski definition) is 1. The van der Waals surface area contributed by atoms with E-state index in [9.17, 15) is 9.90 Å². The molecule has 0 saturated heterocycles. The number of carboxylic acids is 1. The second kappa shape index (κ2) is 7.25. The highest BCUT2D eigenvalue weighted by Gasteiger charge is 2.16. The van der Waals surface area contributed by atoms with Crippen LogP contribution in [0.1, 0.15) is 13.3 Å². The Balaban J connectivity index is 2.13. The van der Waals surface area contributed by atoms with Crippen LogP contribution in [-0.2, 0) is 11.3 Å². The molecule has 1 N–H and O–H groups in total. The van der Waals surface area contributed by atoms with Crippen LogP contribution in [0.4, 0.5) is 0 Å². The zero-order valence-corrected chi connectivity index (χ0v) is 14.2. The topological polar surface area (TPSA) is 73.6 Å². The average Bonchev–Trinajstić information content (AvgIpc) is 2.97. The van der Waals surface area contributed by atoms with E-state index in [2.05, 4.69) is 4.98 Å². The highest BCUT2D eigenvalue weighted by molar-refractivity contribution is 5.83. The largest absolute Gasteiger partial charge is 0.493 e. The Morgan fingerprint density at radius 3 is 2.72 bits per heavy atom. The fourth-order valence-electron chi connectivity index (χ4n) is 2.73. The lowest BCUT2D eigenvalue weighted by Crippen LogP contribution is -2.10. The zero-order valence-electron chi connectivity index (χ0n) is 14.2. The number of imidazole rings is 1. The number of hydrogen-bond acceptors (Lipinski definition) is 4. The summed E-state index contributed by atoms with van der Waals surface area (Å²) in [6.07, 6.45) is 0.880. The summed E-state index contributed by atoms with van der Waals surface area (Å²) in [6.45, 7) is 2.45. The van der Waals surface area contributed by atoms with Gasteiger partial charge in [-0.15, -0.1) is 0 Å². The molecular formula is C19H20N2O4. The van der Waals surface area contributed by atoms with E-state index in [-0.39, 0.29) is 6.54 Å². The standard InChI is InChI=1S/C19H20N2O4/c1-3-10-25-17-11-13(8-9-16(17)24-2)19-20-14-6-4-5-7-15(14)21(19)12-18(22)23/h4-9,11H,3,10,12H2,1-2H3,(H,22,23). The molecule has 25 heavy (non-hydrogen) atoms. The fraction of sp³-hybridized carbons (Fsp3) is 0.263. The molecule has 1 heterocycles. The van der Waals surface area contributed by atoms with E-state index in [0.29, 0.717) is 23.9 Å². The second-order valence-corrected chi connectivity index (χ2v) is 5.62.